The number of amides is 2. The zero-order valence-corrected chi connectivity index (χ0v) is 21.4. The zero-order chi connectivity index (χ0) is 23.0. The first kappa shape index (κ1) is 26.6. The van der Waals surface area contributed by atoms with Crippen molar-refractivity contribution in [3.63, 3.8) is 0 Å². The van der Waals surface area contributed by atoms with E-state index in [4.69, 9.17) is 14.2 Å². The lowest BCUT2D eigenvalue weighted by atomic mass is 9.95. The van der Waals surface area contributed by atoms with Crippen LogP contribution >= 0.6 is 12.4 Å². The molecule has 1 atom stereocenters. The number of allylic oxidation sites excluding steroid dienone is 4. The van der Waals surface area contributed by atoms with E-state index in [1.54, 1.807) is 12.5 Å². The van der Waals surface area contributed by atoms with Gasteiger partial charge in [-0.15, -0.1) is 12.4 Å². The van der Waals surface area contributed by atoms with Gasteiger partial charge in [0.05, 0.1) is 13.2 Å². The first-order valence-electron chi connectivity index (χ1n) is 12.6. The molecular weight excluding hydrogens is 454 g/mol. The average molecular weight is 494 g/mol. The molecule has 3 heterocycles. The van der Waals surface area contributed by atoms with Gasteiger partial charge in [-0.3, -0.25) is 0 Å². The van der Waals surface area contributed by atoms with Gasteiger partial charge in [0.15, 0.2) is 5.76 Å². The quantitative estimate of drug-likeness (QED) is 0.515. The Bertz CT molecular complexity index is 796. The molecular formula is C26H40ClN3O4. The summed E-state index contributed by atoms with van der Waals surface area (Å²) in [4.78, 5) is 19.3. The number of carbonyl (C=O) groups is 1. The van der Waals surface area contributed by atoms with E-state index in [1.807, 2.05) is 9.80 Å². The molecule has 7 nitrogen and oxygen atoms in total. The summed E-state index contributed by atoms with van der Waals surface area (Å²) in [6.07, 6.45) is 14.8. The van der Waals surface area contributed by atoms with Gasteiger partial charge >= 0.3 is 6.03 Å². The average Bonchev–Trinajstić information content (AvgIpc) is 2.88. The lowest BCUT2D eigenvalue weighted by Gasteiger charge is -2.39. The Morgan fingerprint density at radius 3 is 2.56 bits per heavy atom. The number of rotatable bonds is 7. The highest BCUT2D eigenvalue weighted by atomic mass is 35.5. The maximum Gasteiger partial charge on any atom is 0.320 e. The van der Waals surface area contributed by atoms with Gasteiger partial charge in [0, 0.05) is 45.2 Å². The number of hydrogen-bond donors (Lipinski definition) is 0. The predicted octanol–water partition coefficient (Wildman–Crippen LogP) is 4.68. The molecule has 0 N–H and O–H groups in total. The number of hydrogen-bond acceptors (Lipinski definition) is 5. The van der Waals surface area contributed by atoms with Crippen molar-refractivity contribution in [1.29, 1.82) is 0 Å². The summed E-state index contributed by atoms with van der Waals surface area (Å²) >= 11 is 0. The summed E-state index contributed by atoms with van der Waals surface area (Å²) in [5.41, 5.74) is 1.20. The number of urea groups is 1. The third-order valence-electron chi connectivity index (χ3n) is 7.13. The minimum absolute atomic E-state index is 0. The van der Waals surface area contributed by atoms with Crippen LogP contribution in [-0.4, -0.2) is 79.3 Å². The van der Waals surface area contributed by atoms with Crippen molar-refractivity contribution in [3.8, 4) is 0 Å². The van der Waals surface area contributed by atoms with Crippen LogP contribution in [0.2, 0.25) is 0 Å². The van der Waals surface area contributed by atoms with Gasteiger partial charge < -0.3 is 28.9 Å². The Morgan fingerprint density at radius 2 is 1.88 bits per heavy atom. The summed E-state index contributed by atoms with van der Waals surface area (Å²) in [6, 6.07) is 0.545. The van der Waals surface area contributed by atoms with Crippen molar-refractivity contribution in [3.05, 3.63) is 47.8 Å². The Labute approximate surface area is 210 Å². The molecule has 1 unspecified atom stereocenters. The molecule has 0 spiro atoms. The van der Waals surface area contributed by atoms with Crippen LogP contribution in [0, 0.1) is 5.92 Å². The summed E-state index contributed by atoms with van der Waals surface area (Å²) in [6.45, 7) is 11.0. The van der Waals surface area contributed by atoms with E-state index in [-0.39, 0.29) is 18.4 Å². The van der Waals surface area contributed by atoms with Crippen molar-refractivity contribution >= 4 is 18.4 Å². The second kappa shape index (κ2) is 13.2. The Morgan fingerprint density at radius 1 is 1.15 bits per heavy atom. The standard InChI is InChI=1S/C26H39N3O4.ClH/c1-3-27(18-22-9-11-28(12-10-22)26(30)29-13-15-31-16-14-29)21(2)17-24-19-32-20-25(33-24)23-7-5-4-6-8-23;/h4-5,7,19-22H,3,6,8-18H2,1-2H3;1H. The predicted molar refractivity (Wildman–Crippen MR) is 135 cm³/mol. The maximum absolute atomic E-state index is 12.8. The van der Waals surface area contributed by atoms with E-state index in [2.05, 4.69) is 37.0 Å². The lowest BCUT2D eigenvalue weighted by Crippen LogP contribution is -2.51. The largest absolute Gasteiger partial charge is 0.465 e. The fraction of sp³-hybridized carbons (Fsp3) is 0.654. The van der Waals surface area contributed by atoms with E-state index in [9.17, 15) is 4.79 Å². The van der Waals surface area contributed by atoms with Crippen molar-refractivity contribution in [1.82, 2.24) is 14.7 Å². The molecule has 2 amide bonds. The van der Waals surface area contributed by atoms with Crippen LogP contribution in [0.15, 0.2) is 47.8 Å². The monoisotopic (exact) mass is 493 g/mol. The van der Waals surface area contributed by atoms with Gasteiger partial charge in [-0.1, -0.05) is 25.2 Å². The van der Waals surface area contributed by atoms with Gasteiger partial charge in [-0.2, -0.15) is 0 Å². The van der Waals surface area contributed by atoms with Crippen LogP contribution in [-0.2, 0) is 14.2 Å². The minimum atomic E-state index is 0. The highest BCUT2D eigenvalue weighted by Crippen LogP contribution is 2.29. The molecule has 0 aromatic carbocycles. The SMILES string of the molecule is CCN(CC1CCN(C(=O)N2CCOCC2)CC1)C(C)CC1=COC=C(C2=CC=CCC2)O1.Cl. The molecule has 0 saturated carbocycles. The number of halogens is 1. The Balaban J connectivity index is 0.00000324. The van der Waals surface area contributed by atoms with E-state index < -0.39 is 0 Å². The number of morpholine rings is 1. The molecule has 2 fully saturated rings. The molecule has 3 aliphatic heterocycles. The van der Waals surface area contributed by atoms with Crippen LogP contribution in [0.5, 0.6) is 0 Å². The molecule has 0 aromatic heterocycles. The highest BCUT2D eigenvalue weighted by Gasteiger charge is 2.29. The summed E-state index contributed by atoms with van der Waals surface area (Å²) in [5.74, 6) is 2.34. The van der Waals surface area contributed by atoms with E-state index in [0.717, 1.165) is 69.8 Å². The van der Waals surface area contributed by atoms with Crippen LogP contribution < -0.4 is 0 Å². The molecule has 0 bridgehead atoms. The first-order valence-corrected chi connectivity index (χ1v) is 12.6. The van der Waals surface area contributed by atoms with Crippen molar-refractivity contribution in [2.45, 2.75) is 52.0 Å². The third kappa shape index (κ3) is 7.03. The second-order valence-electron chi connectivity index (χ2n) is 9.42. The number of nitrogens with zero attached hydrogens (tertiary/aromatic N) is 3. The van der Waals surface area contributed by atoms with Crippen LogP contribution in [0.4, 0.5) is 4.79 Å². The lowest BCUT2D eigenvalue weighted by molar-refractivity contribution is 0.0386. The fourth-order valence-corrected chi connectivity index (χ4v) is 5.03. The summed E-state index contributed by atoms with van der Waals surface area (Å²) in [7, 11) is 0. The van der Waals surface area contributed by atoms with Crippen LogP contribution in [0.25, 0.3) is 0 Å². The molecule has 0 aromatic rings. The smallest absolute Gasteiger partial charge is 0.320 e. The van der Waals surface area contributed by atoms with Gasteiger partial charge in [0.2, 0.25) is 0 Å². The normalized spacial score (nSPS) is 22.1. The topological polar surface area (TPSA) is 54.5 Å². The minimum Gasteiger partial charge on any atom is -0.465 e. The van der Waals surface area contributed by atoms with Crippen molar-refractivity contribution in [2.24, 2.45) is 5.92 Å². The van der Waals surface area contributed by atoms with Crippen LogP contribution in [0.1, 0.15) is 46.0 Å². The van der Waals surface area contributed by atoms with Gasteiger partial charge in [-0.05, 0) is 50.6 Å². The van der Waals surface area contributed by atoms with Gasteiger partial charge in [-0.25, -0.2) is 4.79 Å². The Kier molecular flexibility index (Phi) is 10.4. The molecule has 8 heteroatoms. The Hall–Kier alpha value is -1.96. The molecule has 0 radical (unpaired) electrons. The second-order valence-corrected chi connectivity index (χ2v) is 9.42. The van der Waals surface area contributed by atoms with Crippen LogP contribution in [0.3, 0.4) is 0 Å². The number of likely N-dealkylation sites (tertiary alicyclic amines) is 1. The van der Waals surface area contributed by atoms with Gasteiger partial charge in [0.1, 0.15) is 18.3 Å². The van der Waals surface area contributed by atoms with E-state index in [1.165, 1.54) is 5.57 Å². The number of ether oxygens (including phenoxy) is 3. The molecule has 190 valence electrons. The molecule has 1 aliphatic carbocycles. The summed E-state index contributed by atoms with van der Waals surface area (Å²) in [5, 5.41) is 0. The summed E-state index contributed by atoms with van der Waals surface area (Å²) < 4.78 is 17.2. The maximum atomic E-state index is 12.8. The fourth-order valence-electron chi connectivity index (χ4n) is 5.03. The highest BCUT2D eigenvalue weighted by molar-refractivity contribution is 5.85. The third-order valence-corrected chi connectivity index (χ3v) is 7.13. The van der Waals surface area contributed by atoms with Crippen molar-refractivity contribution < 1.29 is 19.0 Å². The van der Waals surface area contributed by atoms with Gasteiger partial charge in [0.25, 0.3) is 0 Å². The van der Waals surface area contributed by atoms with E-state index in [0.29, 0.717) is 38.3 Å². The molecule has 4 aliphatic rings. The molecule has 34 heavy (non-hydrogen) atoms. The zero-order valence-electron chi connectivity index (χ0n) is 20.6. The number of carbonyl (C=O) groups excluding carboxylic acids is 1. The van der Waals surface area contributed by atoms with Crippen molar-refractivity contribution in [2.75, 3.05) is 52.5 Å². The molecule has 4 rings (SSSR count). The number of piperidine rings is 1. The first-order chi connectivity index (χ1) is 16.1. The van der Waals surface area contributed by atoms with E-state index >= 15 is 0 Å². The molecule has 2 saturated heterocycles.